The quantitative estimate of drug-likeness (QED) is 0.819. The fourth-order valence-corrected chi connectivity index (χ4v) is 2.08. The molecule has 1 aromatic rings. The van der Waals surface area contributed by atoms with Gasteiger partial charge in [-0.05, 0) is 24.3 Å². The first-order valence-corrected chi connectivity index (χ1v) is 4.89. The molecule has 0 bridgehead atoms. The first-order chi connectivity index (χ1) is 5.70. The first-order valence-electron chi connectivity index (χ1n) is 3.64. The smallest absolute Gasteiger partial charge is 0.303 e. The van der Waals surface area contributed by atoms with Crippen molar-refractivity contribution >= 4 is 28.9 Å². The third-order valence-electron chi connectivity index (χ3n) is 1.49. The number of carbonyl (C=O) groups is 1. The van der Waals surface area contributed by atoms with Crippen molar-refractivity contribution in [1.29, 1.82) is 0 Å². The molecule has 0 aromatic carbocycles. The van der Waals surface area contributed by atoms with Crippen molar-refractivity contribution < 1.29 is 9.90 Å². The van der Waals surface area contributed by atoms with Gasteiger partial charge in [-0.3, -0.25) is 4.79 Å². The van der Waals surface area contributed by atoms with Crippen LogP contribution in [0.5, 0.6) is 0 Å². The number of aliphatic carboxylic acids is 1. The Morgan fingerprint density at radius 3 is 2.92 bits per heavy atom. The number of rotatable bonds is 4. The molecular formula is C8H9ClO2S. The summed E-state index contributed by atoms with van der Waals surface area (Å²) < 4.78 is 0. The maximum atomic E-state index is 10.2. The molecule has 0 fully saturated rings. The number of carboxylic acids is 1. The second-order valence-electron chi connectivity index (χ2n) is 2.44. The van der Waals surface area contributed by atoms with Crippen LogP contribution in [-0.4, -0.2) is 11.1 Å². The number of thiophene rings is 1. The molecule has 0 atom stereocenters. The van der Waals surface area contributed by atoms with E-state index in [4.69, 9.17) is 16.7 Å². The number of hydrogen-bond donors (Lipinski definition) is 1. The van der Waals surface area contributed by atoms with Crippen LogP contribution in [0.4, 0.5) is 0 Å². The summed E-state index contributed by atoms with van der Waals surface area (Å²) in [4.78, 5) is 11.3. The zero-order valence-electron chi connectivity index (χ0n) is 6.42. The molecule has 4 heteroatoms. The van der Waals surface area contributed by atoms with Crippen LogP contribution in [0, 0.1) is 0 Å². The van der Waals surface area contributed by atoms with Crippen LogP contribution in [-0.2, 0) is 11.2 Å². The van der Waals surface area contributed by atoms with E-state index >= 15 is 0 Å². The lowest BCUT2D eigenvalue weighted by atomic mass is 10.2. The molecule has 0 amide bonds. The van der Waals surface area contributed by atoms with Crippen LogP contribution in [0.25, 0.3) is 0 Å². The van der Waals surface area contributed by atoms with Gasteiger partial charge in [-0.15, -0.1) is 11.3 Å². The van der Waals surface area contributed by atoms with E-state index in [1.807, 2.05) is 11.4 Å². The van der Waals surface area contributed by atoms with Crippen molar-refractivity contribution in [2.45, 2.75) is 19.3 Å². The predicted octanol–water partition coefficient (Wildman–Crippen LogP) is 2.81. The molecule has 0 radical (unpaired) electrons. The highest BCUT2D eigenvalue weighted by atomic mass is 35.5. The first kappa shape index (κ1) is 9.55. The molecule has 0 unspecified atom stereocenters. The molecular weight excluding hydrogens is 196 g/mol. The van der Waals surface area contributed by atoms with Crippen molar-refractivity contribution in [3.8, 4) is 0 Å². The molecule has 0 saturated carbocycles. The Morgan fingerprint density at radius 2 is 2.42 bits per heavy atom. The summed E-state index contributed by atoms with van der Waals surface area (Å²) in [7, 11) is 0. The Morgan fingerprint density at radius 1 is 1.67 bits per heavy atom. The minimum atomic E-state index is -0.748. The Kier molecular flexibility index (Phi) is 3.56. The second kappa shape index (κ2) is 4.48. The highest BCUT2D eigenvalue weighted by Gasteiger charge is 2.02. The van der Waals surface area contributed by atoms with E-state index in [1.165, 1.54) is 0 Å². The summed E-state index contributed by atoms with van der Waals surface area (Å²) in [6.07, 6.45) is 1.65. The molecule has 2 nitrogen and oxygen atoms in total. The minimum Gasteiger partial charge on any atom is -0.481 e. The number of hydrogen-bond acceptors (Lipinski definition) is 2. The van der Waals surface area contributed by atoms with Crippen LogP contribution in [0.1, 0.15) is 17.7 Å². The third kappa shape index (κ3) is 2.83. The van der Waals surface area contributed by atoms with E-state index in [0.717, 1.165) is 16.3 Å². The molecule has 1 heterocycles. The summed E-state index contributed by atoms with van der Waals surface area (Å²) >= 11 is 7.39. The largest absolute Gasteiger partial charge is 0.481 e. The molecule has 12 heavy (non-hydrogen) atoms. The van der Waals surface area contributed by atoms with Crippen LogP contribution >= 0.6 is 22.9 Å². The van der Waals surface area contributed by atoms with Crippen LogP contribution in [0.3, 0.4) is 0 Å². The highest BCUT2D eigenvalue weighted by molar-refractivity contribution is 7.10. The summed E-state index contributed by atoms with van der Waals surface area (Å²) in [5.74, 6) is -0.748. The number of aryl methyl sites for hydroxylation is 1. The van der Waals surface area contributed by atoms with Gasteiger partial charge >= 0.3 is 5.97 Å². The van der Waals surface area contributed by atoms with Gasteiger partial charge in [0.05, 0.1) is 5.02 Å². The summed E-state index contributed by atoms with van der Waals surface area (Å²) in [5, 5.41) is 11.1. The van der Waals surface area contributed by atoms with Crippen molar-refractivity contribution in [3.63, 3.8) is 0 Å². The third-order valence-corrected chi connectivity index (χ3v) is 2.93. The Labute approximate surface area is 79.8 Å². The predicted molar refractivity (Wildman–Crippen MR) is 49.9 cm³/mol. The lowest BCUT2D eigenvalue weighted by Gasteiger charge is -1.95. The average molecular weight is 205 g/mol. The maximum Gasteiger partial charge on any atom is 0.303 e. The zero-order valence-corrected chi connectivity index (χ0v) is 7.99. The standard InChI is InChI=1S/C8H9ClO2S/c9-6-4-5-12-7(6)2-1-3-8(10)11/h4-5H,1-3H2,(H,10,11). The highest BCUT2D eigenvalue weighted by Crippen LogP contribution is 2.23. The number of carboxylic acid groups (broad SMARTS) is 1. The number of halogens is 1. The van der Waals surface area contributed by atoms with E-state index in [-0.39, 0.29) is 6.42 Å². The Hall–Kier alpha value is -0.540. The summed E-state index contributed by atoms with van der Waals surface area (Å²) in [6.45, 7) is 0. The van der Waals surface area contributed by atoms with Gasteiger partial charge < -0.3 is 5.11 Å². The fraction of sp³-hybridized carbons (Fsp3) is 0.375. The molecule has 0 aliphatic carbocycles. The van der Waals surface area contributed by atoms with Gasteiger partial charge in [0.2, 0.25) is 0 Å². The Balaban J connectivity index is 2.33. The maximum absolute atomic E-state index is 10.2. The van der Waals surface area contributed by atoms with Crippen LogP contribution < -0.4 is 0 Å². The monoisotopic (exact) mass is 204 g/mol. The lowest BCUT2D eigenvalue weighted by Crippen LogP contribution is -1.94. The molecule has 66 valence electrons. The van der Waals surface area contributed by atoms with Gasteiger partial charge in [0.1, 0.15) is 0 Å². The SMILES string of the molecule is O=C(O)CCCc1sccc1Cl. The molecule has 0 saturated heterocycles. The van der Waals surface area contributed by atoms with Crippen molar-refractivity contribution in [2.75, 3.05) is 0 Å². The lowest BCUT2D eigenvalue weighted by molar-refractivity contribution is -0.137. The minimum absolute atomic E-state index is 0.216. The molecule has 1 aromatic heterocycles. The average Bonchev–Trinajstić information content (AvgIpc) is 2.36. The van der Waals surface area contributed by atoms with E-state index in [1.54, 1.807) is 11.3 Å². The van der Waals surface area contributed by atoms with Crippen molar-refractivity contribution in [2.24, 2.45) is 0 Å². The van der Waals surface area contributed by atoms with E-state index in [2.05, 4.69) is 0 Å². The topological polar surface area (TPSA) is 37.3 Å². The zero-order chi connectivity index (χ0) is 8.97. The molecule has 1 rings (SSSR count). The van der Waals surface area contributed by atoms with E-state index < -0.39 is 5.97 Å². The molecule has 1 N–H and O–H groups in total. The van der Waals surface area contributed by atoms with Crippen LogP contribution in [0.2, 0.25) is 5.02 Å². The van der Waals surface area contributed by atoms with Gasteiger partial charge in [-0.1, -0.05) is 11.6 Å². The molecule has 0 aliphatic heterocycles. The molecule has 0 spiro atoms. The van der Waals surface area contributed by atoms with Gasteiger partial charge in [-0.2, -0.15) is 0 Å². The summed E-state index contributed by atoms with van der Waals surface area (Å²) in [6, 6.07) is 1.84. The van der Waals surface area contributed by atoms with Crippen molar-refractivity contribution in [3.05, 3.63) is 21.3 Å². The van der Waals surface area contributed by atoms with Gasteiger partial charge in [0.15, 0.2) is 0 Å². The van der Waals surface area contributed by atoms with E-state index in [0.29, 0.717) is 6.42 Å². The van der Waals surface area contributed by atoms with Gasteiger partial charge in [-0.25, -0.2) is 0 Å². The van der Waals surface area contributed by atoms with Gasteiger partial charge in [0, 0.05) is 11.3 Å². The second-order valence-corrected chi connectivity index (χ2v) is 3.85. The van der Waals surface area contributed by atoms with Gasteiger partial charge in [0.25, 0.3) is 0 Å². The van der Waals surface area contributed by atoms with Crippen molar-refractivity contribution in [1.82, 2.24) is 0 Å². The summed E-state index contributed by atoms with van der Waals surface area (Å²) in [5.41, 5.74) is 0. The van der Waals surface area contributed by atoms with Crippen LogP contribution in [0.15, 0.2) is 11.4 Å². The normalized spacial score (nSPS) is 10.1. The van der Waals surface area contributed by atoms with E-state index in [9.17, 15) is 4.79 Å². The Bertz CT molecular complexity index is 270. The fourth-order valence-electron chi connectivity index (χ4n) is 0.904. The molecule has 0 aliphatic rings.